The van der Waals surface area contributed by atoms with Crippen LogP contribution in [0.15, 0.2) is 54.6 Å². The topological polar surface area (TPSA) is 9.23 Å². The first-order chi connectivity index (χ1) is 11.8. The summed E-state index contributed by atoms with van der Waals surface area (Å²) in [5.74, 6) is 1.21. The summed E-state index contributed by atoms with van der Waals surface area (Å²) < 4.78 is 6.36. The summed E-state index contributed by atoms with van der Waals surface area (Å²) in [6.07, 6.45) is 18.1. The monoisotopic (exact) mass is 326 g/mol. The summed E-state index contributed by atoms with van der Waals surface area (Å²) in [5.41, 5.74) is 1.29. The smallest absolute Gasteiger partial charge is 0.0921 e. The summed E-state index contributed by atoms with van der Waals surface area (Å²) in [7, 11) is 0. The molecule has 1 aliphatic rings. The van der Waals surface area contributed by atoms with Gasteiger partial charge in [0.25, 0.3) is 0 Å². The van der Waals surface area contributed by atoms with Crippen molar-refractivity contribution in [3.8, 4) is 0 Å². The van der Waals surface area contributed by atoms with E-state index >= 15 is 0 Å². The van der Waals surface area contributed by atoms with Crippen LogP contribution in [-0.4, -0.2) is 6.61 Å². The molecule has 0 aliphatic heterocycles. The molecule has 1 heteroatoms. The zero-order valence-corrected chi connectivity index (χ0v) is 15.5. The summed E-state index contributed by atoms with van der Waals surface area (Å²) in [4.78, 5) is 0. The number of unbranched alkanes of at least 4 members (excludes halogenated alkanes) is 1. The first-order valence-electron chi connectivity index (χ1n) is 9.81. The fraction of sp³-hybridized carbons (Fsp3) is 0.565. The fourth-order valence-corrected chi connectivity index (χ4v) is 3.48. The lowest BCUT2D eigenvalue weighted by Crippen LogP contribution is -2.14. The van der Waals surface area contributed by atoms with Gasteiger partial charge in [-0.05, 0) is 30.7 Å². The second-order valence-corrected chi connectivity index (χ2v) is 7.10. The molecule has 0 aromatic heterocycles. The van der Waals surface area contributed by atoms with Crippen molar-refractivity contribution in [3.63, 3.8) is 0 Å². The number of benzene rings is 1. The molecule has 24 heavy (non-hydrogen) atoms. The van der Waals surface area contributed by atoms with Crippen LogP contribution in [0.4, 0.5) is 0 Å². The van der Waals surface area contributed by atoms with Crippen molar-refractivity contribution in [1.82, 2.24) is 0 Å². The third-order valence-corrected chi connectivity index (χ3v) is 4.86. The van der Waals surface area contributed by atoms with Crippen molar-refractivity contribution >= 4 is 0 Å². The second-order valence-electron chi connectivity index (χ2n) is 7.10. The van der Waals surface area contributed by atoms with Gasteiger partial charge in [0.05, 0.1) is 6.10 Å². The molecule has 2 unspecified atom stereocenters. The fourth-order valence-electron chi connectivity index (χ4n) is 3.48. The van der Waals surface area contributed by atoms with Crippen LogP contribution >= 0.6 is 0 Å². The van der Waals surface area contributed by atoms with E-state index < -0.39 is 0 Å². The van der Waals surface area contributed by atoms with E-state index in [2.05, 4.69) is 68.5 Å². The molecule has 0 heterocycles. The zero-order chi connectivity index (χ0) is 17.0. The highest BCUT2D eigenvalue weighted by Gasteiger charge is 2.20. The summed E-state index contributed by atoms with van der Waals surface area (Å²) in [5, 5.41) is 0. The van der Waals surface area contributed by atoms with Crippen molar-refractivity contribution in [2.24, 2.45) is 11.8 Å². The summed E-state index contributed by atoms with van der Waals surface area (Å²) in [6.45, 7) is 5.51. The molecule has 0 saturated carbocycles. The quantitative estimate of drug-likeness (QED) is 0.336. The Balaban J connectivity index is 1.87. The molecule has 0 saturated heterocycles. The van der Waals surface area contributed by atoms with Gasteiger partial charge in [-0.2, -0.15) is 0 Å². The average Bonchev–Trinajstić information content (AvgIpc) is 2.88. The highest BCUT2D eigenvalue weighted by atomic mass is 16.5. The Morgan fingerprint density at radius 3 is 2.38 bits per heavy atom. The molecule has 2 atom stereocenters. The second kappa shape index (κ2) is 11.3. The van der Waals surface area contributed by atoms with Gasteiger partial charge in [-0.15, -0.1) is 0 Å². The Kier molecular flexibility index (Phi) is 8.91. The van der Waals surface area contributed by atoms with Crippen LogP contribution in [0.3, 0.4) is 0 Å². The van der Waals surface area contributed by atoms with Gasteiger partial charge in [-0.1, -0.05) is 94.2 Å². The minimum absolute atomic E-state index is 0.143. The molecule has 1 aliphatic carbocycles. The summed E-state index contributed by atoms with van der Waals surface area (Å²) >= 11 is 0. The lowest BCUT2D eigenvalue weighted by atomic mass is 9.95. The standard InChI is InChI=1S/C23H34O/c1-3-13-20(2)14-11-12-19-24-23(22-17-9-6-10-18-22)21-15-7-4-5-8-16-21/h6-10,15-18,20-21,23H,3-5,11-14,19H2,1-2H3. The highest BCUT2D eigenvalue weighted by Crippen LogP contribution is 2.30. The van der Waals surface area contributed by atoms with Crippen LogP contribution in [0.25, 0.3) is 0 Å². The number of allylic oxidation sites excluding steroid dienone is 2. The first kappa shape index (κ1) is 19.0. The maximum absolute atomic E-state index is 6.36. The third-order valence-electron chi connectivity index (χ3n) is 4.86. The maximum atomic E-state index is 6.36. The molecular weight excluding hydrogens is 292 g/mol. The molecule has 0 fully saturated rings. The highest BCUT2D eigenvalue weighted by molar-refractivity contribution is 5.22. The van der Waals surface area contributed by atoms with Gasteiger partial charge >= 0.3 is 0 Å². The summed E-state index contributed by atoms with van der Waals surface area (Å²) in [6, 6.07) is 10.7. The van der Waals surface area contributed by atoms with Gasteiger partial charge < -0.3 is 4.74 Å². The predicted molar refractivity (Wildman–Crippen MR) is 104 cm³/mol. The van der Waals surface area contributed by atoms with Crippen molar-refractivity contribution in [2.75, 3.05) is 6.61 Å². The lowest BCUT2D eigenvalue weighted by Gasteiger charge is -2.23. The van der Waals surface area contributed by atoms with Gasteiger partial charge in [-0.25, -0.2) is 0 Å². The Labute approximate surface area is 148 Å². The maximum Gasteiger partial charge on any atom is 0.0921 e. The van der Waals surface area contributed by atoms with Gasteiger partial charge in [-0.3, -0.25) is 0 Å². The van der Waals surface area contributed by atoms with E-state index in [4.69, 9.17) is 4.74 Å². The minimum Gasteiger partial charge on any atom is -0.373 e. The van der Waals surface area contributed by atoms with Gasteiger partial charge in [0.2, 0.25) is 0 Å². The van der Waals surface area contributed by atoms with Crippen molar-refractivity contribution in [1.29, 1.82) is 0 Å². The van der Waals surface area contributed by atoms with E-state index in [-0.39, 0.29) is 6.10 Å². The Morgan fingerprint density at radius 2 is 1.71 bits per heavy atom. The first-order valence-corrected chi connectivity index (χ1v) is 9.81. The SMILES string of the molecule is CCCC(C)CCCCOC(c1ccccc1)C1C=CCCC=C1. The number of hydrogen-bond donors (Lipinski definition) is 0. The lowest BCUT2D eigenvalue weighted by molar-refractivity contribution is 0.0328. The molecule has 0 amide bonds. The molecule has 1 aromatic rings. The molecule has 0 radical (unpaired) electrons. The molecule has 0 bridgehead atoms. The molecule has 1 nitrogen and oxygen atoms in total. The Hall–Kier alpha value is -1.34. The van der Waals surface area contributed by atoms with Crippen LogP contribution in [0, 0.1) is 11.8 Å². The van der Waals surface area contributed by atoms with Crippen molar-refractivity contribution < 1.29 is 4.74 Å². The molecule has 0 spiro atoms. The van der Waals surface area contributed by atoms with Gasteiger partial charge in [0.15, 0.2) is 0 Å². The average molecular weight is 327 g/mol. The zero-order valence-electron chi connectivity index (χ0n) is 15.5. The van der Waals surface area contributed by atoms with Crippen LogP contribution in [0.5, 0.6) is 0 Å². The van der Waals surface area contributed by atoms with E-state index in [0.29, 0.717) is 5.92 Å². The Bertz CT molecular complexity index is 474. The van der Waals surface area contributed by atoms with Crippen molar-refractivity contribution in [3.05, 3.63) is 60.2 Å². The van der Waals surface area contributed by atoms with Gasteiger partial charge in [0.1, 0.15) is 0 Å². The third kappa shape index (κ3) is 6.65. The van der Waals surface area contributed by atoms with E-state index in [9.17, 15) is 0 Å². The van der Waals surface area contributed by atoms with Gasteiger partial charge in [0, 0.05) is 12.5 Å². The van der Waals surface area contributed by atoms with E-state index in [1.165, 1.54) is 31.2 Å². The molecule has 1 aromatic carbocycles. The van der Waals surface area contributed by atoms with E-state index in [1.54, 1.807) is 0 Å². The van der Waals surface area contributed by atoms with E-state index in [1.807, 2.05) is 0 Å². The van der Waals surface area contributed by atoms with Crippen LogP contribution < -0.4 is 0 Å². The minimum atomic E-state index is 0.143. The largest absolute Gasteiger partial charge is 0.373 e. The van der Waals surface area contributed by atoms with Crippen molar-refractivity contribution in [2.45, 2.75) is 64.9 Å². The molecule has 132 valence electrons. The number of ether oxygens (including phenoxy) is 1. The van der Waals surface area contributed by atoms with Crippen LogP contribution in [0.1, 0.15) is 70.5 Å². The number of hydrogen-bond acceptors (Lipinski definition) is 1. The van der Waals surface area contributed by atoms with E-state index in [0.717, 1.165) is 31.8 Å². The normalized spacial score (nSPS) is 17.6. The van der Waals surface area contributed by atoms with Crippen LogP contribution in [-0.2, 0) is 4.74 Å². The van der Waals surface area contributed by atoms with Crippen LogP contribution in [0.2, 0.25) is 0 Å². The number of rotatable bonds is 10. The molecule has 2 rings (SSSR count). The molecular formula is C23H34O. The predicted octanol–water partition coefficient (Wildman–Crippen LogP) is 6.87. The Morgan fingerprint density at radius 1 is 1.00 bits per heavy atom. The molecule has 0 N–H and O–H groups in total.